The molecule has 2 aliphatic rings. The number of pyridine rings is 1. The molecule has 10 heteroatoms. The van der Waals surface area contributed by atoms with E-state index in [-0.39, 0.29) is 41.6 Å². The Kier molecular flexibility index (Phi) is 6.06. The fourth-order valence-corrected chi connectivity index (χ4v) is 4.11. The van der Waals surface area contributed by atoms with Crippen LogP contribution in [0.25, 0.3) is 0 Å². The van der Waals surface area contributed by atoms with Crippen LogP contribution >= 0.6 is 0 Å². The Morgan fingerprint density at radius 2 is 2.00 bits per heavy atom. The van der Waals surface area contributed by atoms with Crippen molar-refractivity contribution in [2.24, 2.45) is 4.99 Å². The molecule has 9 nitrogen and oxygen atoms in total. The van der Waals surface area contributed by atoms with Crippen molar-refractivity contribution in [1.29, 1.82) is 10.5 Å². The van der Waals surface area contributed by atoms with Crippen LogP contribution in [-0.2, 0) is 11.3 Å². The van der Waals surface area contributed by atoms with Crippen LogP contribution in [0, 0.1) is 28.6 Å². The molecule has 0 saturated heterocycles. The lowest BCUT2D eigenvalue weighted by atomic mass is 9.94. The van der Waals surface area contributed by atoms with Gasteiger partial charge in [0.25, 0.3) is 0 Å². The third-order valence-corrected chi connectivity index (χ3v) is 5.78. The summed E-state index contributed by atoms with van der Waals surface area (Å²) in [6, 6.07) is 5.92. The van der Waals surface area contributed by atoms with Crippen molar-refractivity contribution >= 4 is 23.3 Å². The number of aliphatic imine (C=N–C) groups is 1. The molecule has 2 aromatic rings. The quantitative estimate of drug-likeness (QED) is 0.422. The largest absolute Gasteiger partial charge is 0.397 e. The van der Waals surface area contributed by atoms with Gasteiger partial charge in [-0.3, -0.25) is 5.32 Å². The van der Waals surface area contributed by atoms with E-state index >= 15 is 0 Å². The summed E-state index contributed by atoms with van der Waals surface area (Å²) in [7, 11) is 0. The normalized spacial score (nSPS) is 18.0. The van der Waals surface area contributed by atoms with Gasteiger partial charge in [0, 0.05) is 11.1 Å². The van der Waals surface area contributed by atoms with Crippen LogP contribution in [0.3, 0.4) is 0 Å². The topological polar surface area (TPSA) is 158 Å². The number of guanidine groups is 1. The van der Waals surface area contributed by atoms with Crippen molar-refractivity contribution < 1.29 is 9.13 Å². The summed E-state index contributed by atoms with van der Waals surface area (Å²) in [4.78, 5) is 8.64. The first kappa shape index (κ1) is 21.3. The van der Waals surface area contributed by atoms with E-state index in [1.165, 1.54) is 12.5 Å². The van der Waals surface area contributed by atoms with Crippen molar-refractivity contribution in [1.82, 2.24) is 10.3 Å². The maximum atomic E-state index is 15.0. The summed E-state index contributed by atoms with van der Waals surface area (Å²) in [6.45, 7) is 0.197. The number of ether oxygens (including phenoxy) is 1. The number of fused-ring (bicyclic) bond motifs is 1. The fraction of sp³-hybridized carbons (Fsp3) is 0.364. The van der Waals surface area contributed by atoms with Crippen molar-refractivity contribution in [3.05, 3.63) is 46.3 Å². The molecule has 1 aromatic heterocycles. The number of nitriles is 2. The Hall–Kier alpha value is -3.89. The number of benzene rings is 1. The first-order valence-electron chi connectivity index (χ1n) is 10.4. The van der Waals surface area contributed by atoms with E-state index in [0.717, 1.165) is 25.7 Å². The summed E-state index contributed by atoms with van der Waals surface area (Å²) in [6.07, 6.45) is 7.47. The molecular formula is C22H23FN8O. The predicted molar refractivity (Wildman–Crippen MR) is 117 cm³/mol. The fourth-order valence-electron chi connectivity index (χ4n) is 4.11. The van der Waals surface area contributed by atoms with Gasteiger partial charge in [0.15, 0.2) is 6.19 Å². The second-order valence-electron chi connectivity index (χ2n) is 7.82. The number of anilines is 3. The lowest BCUT2D eigenvalue weighted by Crippen LogP contribution is -2.32. The van der Waals surface area contributed by atoms with Gasteiger partial charge in [0.2, 0.25) is 5.96 Å². The highest BCUT2D eigenvalue weighted by molar-refractivity contribution is 5.98. The lowest BCUT2D eigenvalue weighted by Gasteiger charge is -2.26. The molecule has 0 amide bonds. The molecule has 0 bridgehead atoms. The molecule has 164 valence electrons. The molecule has 1 aromatic carbocycles. The van der Waals surface area contributed by atoms with E-state index in [2.05, 4.69) is 20.6 Å². The van der Waals surface area contributed by atoms with Gasteiger partial charge in [0.05, 0.1) is 18.4 Å². The number of rotatable bonds is 4. The van der Waals surface area contributed by atoms with Crippen LogP contribution < -0.4 is 22.1 Å². The smallest absolute Gasteiger partial charge is 0.211 e. The third-order valence-electron chi connectivity index (χ3n) is 5.78. The molecule has 1 aliphatic heterocycles. The lowest BCUT2D eigenvalue weighted by molar-refractivity contribution is 0.0156. The summed E-state index contributed by atoms with van der Waals surface area (Å²) in [5.74, 6) is -0.103. The van der Waals surface area contributed by atoms with Gasteiger partial charge in [-0.05, 0) is 24.5 Å². The summed E-state index contributed by atoms with van der Waals surface area (Å²) in [5, 5.41) is 23.7. The van der Waals surface area contributed by atoms with Gasteiger partial charge in [-0.15, -0.1) is 0 Å². The molecule has 0 spiro atoms. The monoisotopic (exact) mass is 434 g/mol. The maximum absolute atomic E-state index is 15.0. The Morgan fingerprint density at radius 1 is 1.22 bits per heavy atom. The molecule has 2 heterocycles. The Bertz CT molecular complexity index is 1140. The highest BCUT2D eigenvalue weighted by Gasteiger charge is 2.30. The molecule has 4 rings (SSSR count). The third kappa shape index (κ3) is 4.13. The van der Waals surface area contributed by atoms with Crippen LogP contribution in [0.1, 0.15) is 60.4 Å². The highest BCUT2D eigenvalue weighted by Crippen LogP contribution is 2.40. The molecular weight excluding hydrogens is 411 g/mol. The zero-order valence-electron chi connectivity index (χ0n) is 17.4. The van der Waals surface area contributed by atoms with Gasteiger partial charge < -0.3 is 21.5 Å². The van der Waals surface area contributed by atoms with E-state index in [9.17, 15) is 9.65 Å². The van der Waals surface area contributed by atoms with E-state index in [0.29, 0.717) is 16.7 Å². The number of nitrogens with two attached hydrogens (primary N) is 2. The van der Waals surface area contributed by atoms with E-state index < -0.39 is 11.9 Å². The van der Waals surface area contributed by atoms with Crippen LogP contribution in [0.5, 0.6) is 0 Å². The maximum Gasteiger partial charge on any atom is 0.211 e. The minimum atomic E-state index is -0.787. The number of halogens is 1. The van der Waals surface area contributed by atoms with Crippen molar-refractivity contribution in [2.45, 2.75) is 50.9 Å². The number of hydrogen-bond acceptors (Lipinski definition) is 9. The standard InChI is InChI=1S/C22H23FN8O/c23-16-8-12(6-7-13(16)10-32-14-4-2-1-3-5-14)19-17-18(26)15(9-24)20(27)30-21(17)31-22(29-19)28-11-25/h6-8,14,19H,1-5,10H2,(H6,26,27,28,29,30,31). The average molecular weight is 434 g/mol. The molecule has 1 atom stereocenters. The number of nitrogens with one attached hydrogen (secondary N) is 2. The van der Waals surface area contributed by atoms with Crippen LogP contribution in [0.15, 0.2) is 23.2 Å². The average Bonchev–Trinajstić information content (AvgIpc) is 2.78. The van der Waals surface area contributed by atoms with Gasteiger partial charge in [-0.25, -0.2) is 14.4 Å². The van der Waals surface area contributed by atoms with Gasteiger partial charge in [0.1, 0.15) is 35.1 Å². The van der Waals surface area contributed by atoms with Crippen LogP contribution in [0.2, 0.25) is 0 Å². The van der Waals surface area contributed by atoms with E-state index in [4.69, 9.17) is 21.5 Å². The van der Waals surface area contributed by atoms with E-state index in [1.54, 1.807) is 18.3 Å². The first-order chi connectivity index (χ1) is 15.5. The molecule has 6 N–H and O–H groups in total. The number of nitrogens with zero attached hydrogens (tertiary/aromatic N) is 4. The van der Waals surface area contributed by atoms with Crippen molar-refractivity contribution in [2.75, 3.05) is 16.8 Å². The van der Waals surface area contributed by atoms with Crippen LogP contribution in [-0.4, -0.2) is 17.0 Å². The van der Waals surface area contributed by atoms with Crippen LogP contribution in [0.4, 0.5) is 21.7 Å². The summed E-state index contributed by atoms with van der Waals surface area (Å²) in [5.41, 5.74) is 13.5. The Labute approximate surface area is 184 Å². The van der Waals surface area contributed by atoms with Gasteiger partial charge in [-0.2, -0.15) is 10.5 Å². The predicted octanol–water partition coefficient (Wildman–Crippen LogP) is 3.05. The van der Waals surface area contributed by atoms with Crippen molar-refractivity contribution in [3.63, 3.8) is 0 Å². The van der Waals surface area contributed by atoms with Crippen molar-refractivity contribution in [3.8, 4) is 12.3 Å². The number of aromatic nitrogens is 1. The summed E-state index contributed by atoms with van der Waals surface area (Å²) < 4.78 is 20.9. The van der Waals surface area contributed by atoms with E-state index in [1.807, 2.05) is 6.07 Å². The second kappa shape index (κ2) is 9.08. The van der Waals surface area contributed by atoms with Gasteiger partial charge >= 0.3 is 0 Å². The molecule has 0 radical (unpaired) electrons. The zero-order chi connectivity index (χ0) is 22.7. The SMILES string of the molecule is N#CNC1=NC(c2ccc(COC3CCCCC3)c(F)c2)c2c(nc(N)c(C#N)c2N)N1. The molecule has 1 fully saturated rings. The number of nitrogen functional groups attached to an aromatic ring is 2. The highest BCUT2D eigenvalue weighted by atomic mass is 19.1. The molecule has 1 saturated carbocycles. The molecule has 32 heavy (non-hydrogen) atoms. The minimum Gasteiger partial charge on any atom is -0.397 e. The zero-order valence-corrected chi connectivity index (χ0v) is 17.4. The summed E-state index contributed by atoms with van der Waals surface area (Å²) >= 11 is 0. The van der Waals surface area contributed by atoms with Gasteiger partial charge in [-0.1, -0.05) is 31.4 Å². The molecule has 1 aliphatic carbocycles. The first-order valence-corrected chi connectivity index (χ1v) is 10.4. The number of hydrogen-bond donors (Lipinski definition) is 4. The Balaban J connectivity index is 1.67. The second-order valence-corrected chi connectivity index (χ2v) is 7.82. The molecule has 1 unspecified atom stereocenters. The Morgan fingerprint density at radius 3 is 2.69 bits per heavy atom. The minimum absolute atomic E-state index is 0.0282.